The molecule has 1 heterocycles. The number of nitrogens with zero attached hydrogens (tertiary/aromatic N) is 1. The van der Waals surface area contributed by atoms with Crippen molar-refractivity contribution in [3.63, 3.8) is 0 Å². The van der Waals surface area contributed by atoms with Crippen LogP contribution in [0, 0.1) is 0 Å². The van der Waals surface area contributed by atoms with Crippen LogP contribution in [0.15, 0.2) is 42.6 Å². The molecule has 2 aromatic rings. The Balaban J connectivity index is 1.76. The first kappa shape index (κ1) is 12.2. The Kier molecular flexibility index (Phi) is 3.22. The number of nitrogens with two attached hydrogens (primary N) is 1. The first-order valence-corrected chi connectivity index (χ1v) is 6.71. The van der Waals surface area contributed by atoms with E-state index in [4.69, 9.17) is 5.73 Å². The van der Waals surface area contributed by atoms with E-state index in [-0.39, 0.29) is 0 Å². The molecule has 19 heavy (non-hydrogen) atoms. The van der Waals surface area contributed by atoms with Crippen LogP contribution in [0.3, 0.4) is 0 Å². The Morgan fingerprint density at radius 2 is 2.11 bits per heavy atom. The minimum Gasteiger partial charge on any atom is -0.388 e. The Bertz CT molecular complexity index is 578. The summed E-state index contributed by atoms with van der Waals surface area (Å²) < 4.78 is 0. The van der Waals surface area contributed by atoms with Gasteiger partial charge in [0.25, 0.3) is 0 Å². The molecule has 0 saturated heterocycles. The van der Waals surface area contributed by atoms with Gasteiger partial charge in [0.15, 0.2) is 0 Å². The van der Waals surface area contributed by atoms with Gasteiger partial charge in [-0.05, 0) is 47.6 Å². The molecule has 3 N–H and O–H groups in total. The van der Waals surface area contributed by atoms with Crippen LogP contribution in [-0.2, 0) is 6.42 Å². The summed E-state index contributed by atoms with van der Waals surface area (Å²) in [6.45, 7) is 0. The summed E-state index contributed by atoms with van der Waals surface area (Å²) in [5.41, 5.74) is 9.00. The fourth-order valence-corrected chi connectivity index (χ4v) is 2.40. The van der Waals surface area contributed by atoms with E-state index < -0.39 is 6.10 Å². The van der Waals surface area contributed by atoms with E-state index in [0.29, 0.717) is 18.2 Å². The number of aromatic nitrogens is 1. The summed E-state index contributed by atoms with van der Waals surface area (Å²) in [6, 6.07) is 12.0. The molecule has 1 fully saturated rings. The summed E-state index contributed by atoms with van der Waals surface area (Å²) in [5, 5.41) is 10.3. The number of pyridine rings is 1. The van der Waals surface area contributed by atoms with Crippen LogP contribution in [0.5, 0.6) is 0 Å². The van der Waals surface area contributed by atoms with Crippen molar-refractivity contribution in [1.82, 2.24) is 4.98 Å². The van der Waals surface area contributed by atoms with Crippen LogP contribution in [0.4, 0.5) is 5.82 Å². The van der Waals surface area contributed by atoms with Crippen molar-refractivity contribution in [3.8, 4) is 0 Å². The number of aliphatic hydroxyl groups is 1. The van der Waals surface area contributed by atoms with Gasteiger partial charge in [-0.1, -0.05) is 24.3 Å². The lowest BCUT2D eigenvalue weighted by atomic mass is 9.99. The summed E-state index contributed by atoms with van der Waals surface area (Å²) >= 11 is 0. The number of anilines is 1. The Morgan fingerprint density at radius 3 is 2.84 bits per heavy atom. The van der Waals surface area contributed by atoms with E-state index in [1.165, 1.54) is 18.4 Å². The second-order valence-electron chi connectivity index (χ2n) is 5.25. The van der Waals surface area contributed by atoms with E-state index in [2.05, 4.69) is 17.1 Å². The molecule has 0 spiro atoms. The number of nitrogen functional groups attached to an aromatic ring is 1. The lowest BCUT2D eigenvalue weighted by Gasteiger charge is -2.12. The summed E-state index contributed by atoms with van der Waals surface area (Å²) in [7, 11) is 0. The molecule has 0 radical (unpaired) electrons. The van der Waals surface area contributed by atoms with Crippen molar-refractivity contribution < 1.29 is 5.11 Å². The summed E-state index contributed by atoms with van der Waals surface area (Å²) in [5.74, 6) is 1.21. The minimum atomic E-state index is -0.486. The zero-order chi connectivity index (χ0) is 13.2. The van der Waals surface area contributed by atoms with Crippen molar-refractivity contribution in [2.24, 2.45) is 0 Å². The molecule has 1 atom stereocenters. The maximum Gasteiger partial charge on any atom is 0.123 e. The molecule has 0 aliphatic heterocycles. The lowest BCUT2D eigenvalue weighted by molar-refractivity contribution is 0.178. The van der Waals surface area contributed by atoms with Crippen molar-refractivity contribution in [2.75, 3.05) is 5.73 Å². The Hall–Kier alpha value is -1.87. The Labute approximate surface area is 113 Å². The molecule has 3 heteroatoms. The number of hydrogen-bond donors (Lipinski definition) is 2. The fraction of sp³-hybridized carbons (Fsp3) is 0.312. The quantitative estimate of drug-likeness (QED) is 0.882. The van der Waals surface area contributed by atoms with Gasteiger partial charge in [0.1, 0.15) is 5.82 Å². The van der Waals surface area contributed by atoms with Gasteiger partial charge >= 0.3 is 0 Å². The van der Waals surface area contributed by atoms with Gasteiger partial charge in [0.2, 0.25) is 0 Å². The van der Waals surface area contributed by atoms with Gasteiger partial charge < -0.3 is 10.8 Å². The first-order valence-electron chi connectivity index (χ1n) is 6.71. The molecule has 0 bridgehead atoms. The van der Waals surface area contributed by atoms with Crippen LogP contribution in [-0.4, -0.2) is 10.1 Å². The van der Waals surface area contributed by atoms with Crippen molar-refractivity contribution in [2.45, 2.75) is 31.3 Å². The van der Waals surface area contributed by atoms with Gasteiger partial charge in [-0.25, -0.2) is 4.98 Å². The molecule has 1 aliphatic carbocycles. The maximum absolute atomic E-state index is 10.3. The van der Waals surface area contributed by atoms with E-state index in [1.54, 1.807) is 6.20 Å². The average Bonchev–Trinajstić information content (AvgIpc) is 3.23. The molecule has 1 unspecified atom stereocenters. The summed E-state index contributed by atoms with van der Waals surface area (Å²) in [4.78, 5) is 3.96. The largest absolute Gasteiger partial charge is 0.388 e. The number of benzene rings is 1. The molecule has 1 saturated carbocycles. The molecule has 1 aromatic heterocycles. The average molecular weight is 254 g/mol. The van der Waals surface area contributed by atoms with Gasteiger partial charge in [-0.15, -0.1) is 0 Å². The predicted octanol–water partition coefficient (Wildman–Crippen LogP) is 2.82. The number of rotatable bonds is 4. The van der Waals surface area contributed by atoms with Gasteiger partial charge in [-0.3, -0.25) is 0 Å². The normalized spacial score (nSPS) is 16.3. The minimum absolute atomic E-state index is 0.486. The monoisotopic (exact) mass is 254 g/mol. The molecule has 1 aromatic carbocycles. The maximum atomic E-state index is 10.3. The van der Waals surface area contributed by atoms with Crippen LogP contribution in [0.25, 0.3) is 0 Å². The molecular weight excluding hydrogens is 236 g/mol. The topological polar surface area (TPSA) is 59.1 Å². The highest BCUT2D eigenvalue weighted by molar-refractivity contribution is 5.34. The van der Waals surface area contributed by atoms with Crippen molar-refractivity contribution in [1.29, 1.82) is 0 Å². The van der Waals surface area contributed by atoms with Crippen LogP contribution < -0.4 is 5.73 Å². The molecular formula is C16H18N2O. The molecule has 0 amide bonds. The van der Waals surface area contributed by atoms with Crippen LogP contribution in [0.2, 0.25) is 0 Å². The molecule has 3 rings (SSSR count). The molecule has 1 aliphatic rings. The summed E-state index contributed by atoms with van der Waals surface area (Å²) in [6.07, 6.45) is 4.32. The second kappa shape index (κ2) is 5.02. The van der Waals surface area contributed by atoms with Crippen molar-refractivity contribution in [3.05, 3.63) is 59.3 Å². The van der Waals surface area contributed by atoms with E-state index >= 15 is 0 Å². The highest BCUT2D eigenvalue weighted by atomic mass is 16.3. The smallest absolute Gasteiger partial charge is 0.123 e. The second-order valence-corrected chi connectivity index (χ2v) is 5.25. The SMILES string of the molecule is Nc1cc(CC(O)c2cccc(C3CC3)c2)ccn1. The zero-order valence-corrected chi connectivity index (χ0v) is 10.8. The van der Waals surface area contributed by atoms with E-state index in [9.17, 15) is 5.11 Å². The fourth-order valence-electron chi connectivity index (χ4n) is 2.40. The molecule has 98 valence electrons. The zero-order valence-electron chi connectivity index (χ0n) is 10.8. The third-order valence-electron chi connectivity index (χ3n) is 3.62. The lowest BCUT2D eigenvalue weighted by Crippen LogP contribution is -2.03. The molecule has 3 nitrogen and oxygen atoms in total. The van der Waals surface area contributed by atoms with E-state index in [0.717, 1.165) is 11.1 Å². The van der Waals surface area contributed by atoms with Gasteiger partial charge in [-0.2, -0.15) is 0 Å². The van der Waals surface area contributed by atoms with Crippen molar-refractivity contribution >= 4 is 5.82 Å². The highest BCUT2D eigenvalue weighted by Crippen LogP contribution is 2.40. The van der Waals surface area contributed by atoms with Crippen LogP contribution in [0.1, 0.15) is 41.6 Å². The predicted molar refractivity (Wildman–Crippen MR) is 75.7 cm³/mol. The standard InChI is InChI=1S/C16H18N2O/c17-16-9-11(6-7-18-16)8-15(19)14-3-1-2-13(10-14)12-4-5-12/h1-3,6-7,9-10,12,15,19H,4-5,8H2,(H2,17,18). The van der Waals surface area contributed by atoms with Gasteiger partial charge in [0, 0.05) is 12.6 Å². The number of hydrogen-bond acceptors (Lipinski definition) is 3. The highest BCUT2D eigenvalue weighted by Gasteiger charge is 2.24. The Morgan fingerprint density at radius 1 is 1.26 bits per heavy atom. The van der Waals surface area contributed by atoms with E-state index in [1.807, 2.05) is 24.3 Å². The third kappa shape index (κ3) is 2.93. The van der Waals surface area contributed by atoms with Gasteiger partial charge in [0.05, 0.1) is 6.10 Å². The first-order chi connectivity index (χ1) is 9.22. The third-order valence-corrected chi connectivity index (χ3v) is 3.62. The van der Waals surface area contributed by atoms with Crippen LogP contribution >= 0.6 is 0 Å². The number of aliphatic hydroxyl groups excluding tert-OH is 1.